The Hall–Kier alpha value is -1.91. The van der Waals surface area contributed by atoms with Crippen LogP contribution in [-0.2, 0) is 0 Å². The van der Waals surface area contributed by atoms with Gasteiger partial charge in [-0.25, -0.2) is 0 Å². The number of fused-ring (bicyclic) bond motifs is 1. The van der Waals surface area contributed by atoms with E-state index < -0.39 is 0 Å². The number of ether oxygens (including phenoxy) is 2. The molecule has 1 aliphatic rings. The second-order valence-corrected chi connectivity index (χ2v) is 6.36. The van der Waals surface area contributed by atoms with Gasteiger partial charge >= 0.3 is 0 Å². The highest BCUT2D eigenvalue weighted by atomic mass is 35.5. The summed E-state index contributed by atoms with van der Waals surface area (Å²) in [6.07, 6.45) is 0.820. The molecule has 126 valence electrons. The van der Waals surface area contributed by atoms with Crippen LogP contribution in [0.5, 0.6) is 11.5 Å². The molecule has 0 saturated carbocycles. The fraction of sp³-hybridized carbons (Fsp3) is 0.278. The lowest BCUT2D eigenvalue weighted by molar-refractivity contribution is 0.0940. The molecule has 24 heavy (non-hydrogen) atoms. The zero-order valence-corrected chi connectivity index (χ0v) is 14.7. The summed E-state index contributed by atoms with van der Waals surface area (Å²) in [5, 5.41) is 3.84. The van der Waals surface area contributed by atoms with E-state index in [9.17, 15) is 4.79 Å². The van der Waals surface area contributed by atoms with Gasteiger partial charge in [-0.3, -0.25) is 4.79 Å². The molecule has 0 bridgehead atoms. The summed E-state index contributed by atoms with van der Waals surface area (Å²) >= 11 is 12.4. The van der Waals surface area contributed by atoms with Gasteiger partial charge in [0.05, 0.1) is 29.8 Å². The summed E-state index contributed by atoms with van der Waals surface area (Å²) < 4.78 is 11.3. The van der Waals surface area contributed by atoms with Crippen molar-refractivity contribution in [3.63, 3.8) is 0 Å². The van der Waals surface area contributed by atoms with Crippen LogP contribution in [0.4, 0.5) is 0 Å². The maximum absolute atomic E-state index is 12.4. The molecule has 1 unspecified atom stereocenters. The molecule has 0 aliphatic carbocycles. The van der Waals surface area contributed by atoms with Crippen LogP contribution in [0.1, 0.15) is 35.3 Å². The summed E-state index contributed by atoms with van der Waals surface area (Å²) in [5.74, 6) is 1.02. The number of hydrogen-bond acceptors (Lipinski definition) is 3. The first-order valence-electron chi connectivity index (χ1n) is 7.70. The zero-order chi connectivity index (χ0) is 17.1. The highest BCUT2D eigenvalue weighted by molar-refractivity contribution is 6.34. The Labute approximate surface area is 150 Å². The zero-order valence-electron chi connectivity index (χ0n) is 13.1. The van der Waals surface area contributed by atoms with Crippen molar-refractivity contribution in [3.8, 4) is 11.5 Å². The Morgan fingerprint density at radius 1 is 1.08 bits per heavy atom. The maximum atomic E-state index is 12.4. The SMILES string of the molecule is CC(NC(=O)c1ccccc1Cl)c1cc2c(cc1Cl)OCCCO2. The molecule has 0 saturated heterocycles. The topological polar surface area (TPSA) is 47.6 Å². The van der Waals surface area contributed by atoms with Crippen LogP contribution in [-0.4, -0.2) is 19.1 Å². The molecule has 0 spiro atoms. The molecule has 4 nitrogen and oxygen atoms in total. The van der Waals surface area contributed by atoms with Crippen LogP contribution in [0.25, 0.3) is 0 Å². The number of amides is 1. The number of hydrogen-bond donors (Lipinski definition) is 1. The highest BCUT2D eigenvalue weighted by Gasteiger charge is 2.20. The Balaban J connectivity index is 1.82. The lowest BCUT2D eigenvalue weighted by atomic mass is 10.1. The number of nitrogens with one attached hydrogen (secondary N) is 1. The maximum Gasteiger partial charge on any atom is 0.253 e. The average molecular weight is 366 g/mol. The molecule has 2 aromatic rings. The summed E-state index contributed by atoms with van der Waals surface area (Å²) in [7, 11) is 0. The van der Waals surface area contributed by atoms with Gasteiger partial charge in [0, 0.05) is 17.5 Å². The number of halogens is 2. The van der Waals surface area contributed by atoms with Crippen molar-refractivity contribution in [2.24, 2.45) is 0 Å². The number of carbonyl (C=O) groups excluding carboxylic acids is 1. The molecule has 0 aromatic heterocycles. The lowest BCUT2D eigenvalue weighted by Gasteiger charge is -2.18. The molecule has 2 aromatic carbocycles. The molecular weight excluding hydrogens is 349 g/mol. The Morgan fingerprint density at radius 3 is 2.46 bits per heavy atom. The predicted octanol–water partition coefficient (Wildman–Crippen LogP) is 4.65. The van der Waals surface area contributed by atoms with Crippen molar-refractivity contribution in [1.29, 1.82) is 0 Å². The normalized spacial score (nSPS) is 14.6. The van der Waals surface area contributed by atoms with Crippen LogP contribution in [0.2, 0.25) is 10.0 Å². The number of benzene rings is 2. The second kappa shape index (κ2) is 7.32. The first kappa shape index (κ1) is 16.9. The monoisotopic (exact) mass is 365 g/mol. The lowest BCUT2D eigenvalue weighted by Crippen LogP contribution is -2.27. The molecule has 1 N–H and O–H groups in total. The van der Waals surface area contributed by atoms with Gasteiger partial charge in [-0.05, 0) is 30.7 Å². The van der Waals surface area contributed by atoms with E-state index in [4.69, 9.17) is 32.7 Å². The van der Waals surface area contributed by atoms with Crippen LogP contribution in [0.3, 0.4) is 0 Å². The third-order valence-corrected chi connectivity index (χ3v) is 4.46. The first-order valence-corrected chi connectivity index (χ1v) is 8.46. The van der Waals surface area contributed by atoms with Gasteiger partial charge < -0.3 is 14.8 Å². The fourth-order valence-corrected chi connectivity index (χ4v) is 3.07. The van der Waals surface area contributed by atoms with E-state index in [-0.39, 0.29) is 11.9 Å². The quantitative estimate of drug-likeness (QED) is 0.861. The van der Waals surface area contributed by atoms with Gasteiger partial charge in [0.1, 0.15) is 0 Å². The van der Waals surface area contributed by atoms with Crippen molar-refractivity contribution >= 4 is 29.1 Å². The van der Waals surface area contributed by atoms with Crippen LogP contribution >= 0.6 is 23.2 Å². The van der Waals surface area contributed by atoms with Gasteiger partial charge in [0.25, 0.3) is 5.91 Å². The van der Waals surface area contributed by atoms with Gasteiger partial charge in [-0.1, -0.05) is 35.3 Å². The van der Waals surface area contributed by atoms with Crippen molar-refractivity contribution in [2.45, 2.75) is 19.4 Å². The number of rotatable bonds is 3. The third-order valence-electron chi connectivity index (χ3n) is 3.80. The van der Waals surface area contributed by atoms with E-state index in [1.54, 1.807) is 30.3 Å². The standard InChI is InChI=1S/C18H17Cl2NO3/c1-11(21-18(22)12-5-2-3-6-14(12)19)13-9-16-17(10-15(13)20)24-8-4-7-23-16/h2-3,5-6,9-11H,4,7-8H2,1H3,(H,21,22). The average Bonchev–Trinajstić information content (AvgIpc) is 2.79. The minimum Gasteiger partial charge on any atom is -0.490 e. The minimum absolute atomic E-state index is 0.253. The second-order valence-electron chi connectivity index (χ2n) is 5.55. The third kappa shape index (κ3) is 3.60. The number of carbonyl (C=O) groups is 1. The Morgan fingerprint density at radius 2 is 1.75 bits per heavy atom. The van der Waals surface area contributed by atoms with Crippen molar-refractivity contribution in [2.75, 3.05) is 13.2 Å². The van der Waals surface area contributed by atoms with Crippen molar-refractivity contribution in [1.82, 2.24) is 5.32 Å². The van der Waals surface area contributed by atoms with E-state index in [1.165, 1.54) is 0 Å². The van der Waals surface area contributed by atoms with E-state index in [2.05, 4.69) is 5.32 Å². The smallest absolute Gasteiger partial charge is 0.253 e. The van der Waals surface area contributed by atoms with E-state index in [1.807, 2.05) is 13.0 Å². The van der Waals surface area contributed by atoms with E-state index in [0.717, 1.165) is 12.0 Å². The molecule has 1 atom stereocenters. The fourth-order valence-electron chi connectivity index (χ4n) is 2.53. The van der Waals surface area contributed by atoms with Gasteiger partial charge in [0.15, 0.2) is 11.5 Å². The molecule has 3 rings (SSSR count). The van der Waals surface area contributed by atoms with Crippen LogP contribution in [0, 0.1) is 0 Å². The molecule has 1 amide bonds. The highest BCUT2D eigenvalue weighted by Crippen LogP contribution is 2.37. The summed E-state index contributed by atoms with van der Waals surface area (Å²) in [6.45, 7) is 3.05. The van der Waals surface area contributed by atoms with E-state index >= 15 is 0 Å². The summed E-state index contributed by atoms with van der Waals surface area (Å²) in [5.41, 5.74) is 1.19. The van der Waals surface area contributed by atoms with Crippen LogP contribution < -0.4 is 14.8 Å². The molecule has 6 heteroatoms. The molecule has 1 aliphatic heterocycles. The van der Waals surface area contributed by atoms with Gasteiger partial charge in [-0.2, -0.15) is 0 Å². The summed E-state index contributed by atoms with van der Waals surface area (Å²) in [4.78, 5) is 12.4. The van der Waals surface area contributed by atoms with Gasteiger partial charge in [-0.15, -0.1) is 0 Å². The van der Waals surface area contributed by atoms with E-state index in [0.29, 0.717) is 40.3 Å². The Kier molecular flexibility index (Phi) is 5.17. The van der Waals surface area contributed by atoms with Crippen molar-refractivity contribution < 1.29 is 14.3 Å². The molecule has 0 fully saturated rings. The van der Waals surface area contributed by atoms with Crippen LogP contribution in [0.15, 0.2) is 36.4 Å². The summed E-state index contributed by atoms with van der Waals surface area (Å²) in [6, 6.07) is 10.2. The van der Waals surface area contributed by atoms with Crippen molar-refractivity contribution in [3.05, 3.63) is 57.6 Å². The van der Waals surface area contributed by atoms with Gasteiger partial charge in [0.2, 0.25) is 0 Å². The Bertz CT molecular complexity index is 764. The molecule has 0 radical (unpaired) electrons. The largest absolute Gasteiger partial charge is 0.490 e. The predicted molar refractivity (Wildman–Crippen MR) is 94.4 cm³/mol. The first-order chi connectivity index (χ1) is 11.6. The minimum atomic E-state index is -0.307. The molecule has 1 heterocycles. The molecular formula is C18H17Cl2NO3.